The summed E-state index contributed by atoms with van der Waals surface area (Å²) in [5, 5.41) is 8.90. The zero-order valence-electron chi connectivity index (χ0n) is 16.9. The van der Waals surface area contributed by atoms with Gasteiger partial charge in [0.25, 0.3) is 5.56 Å². The molecule has 2 aromatic rings. The minimum Gasteiger partial charge on any atom is -0.353 e. The molecular formula is C22H31N3O2. The Labute approximate surface area is 161 Å². The molecule has 3 rings (SSSR count). The Morgan fingerprint density at radius 2 is 1.81 bits per heavy atom. The summed E-state index contributed by atoms with van der Waals surface area (Å²) in [6.45, 7) is 6.97. The van der Waals surface area contributed by atoms with Crippen LogP contribution in [0.2, 0.25) is 0 Å². The first-order chi connectivity index (χ1) is 12.8. The van der Waals surface area contributed by atoms with Crippen molar-refractivity contribution in [3.8, 4) is 0 Å². The summed E-state index contributed by atoms with van der Waals surface area (Å²) < 4.78 is 1.32. The smallest absolute Gasteiger partial charge is 0.274 e. The van der Waals surface area contributed by atoms with Gasteiger partial charge in [0.2, 0.25) is 5.91 Å². The van der Waals surface area contributed by atoms with Gasteiger partial charge in [0, 0.05) is 18.5 Å². The lowest BCUT2D eigenvalue weighted by atomic mass is 9.69. The molecule has 0 unspecified atom stereocenters. The van der Waals surface area contributed by atoms with Crippen molar-refractivity contribution in [3.63, 3.8) is 0 Å². The maximum absolute atomic E-state index is 12.6. The Morgan fingerprint density at radius 3 is 2.44 bits per heavy atom. The summed E-state index contributed by atoms with van der Waals surface area (Å²) >= 11 is 0. The van der Waals surface area contributed by atoms with E-state index in [1.807, 2.05) is 18.2 Å². The average Bonchev–Trinajstić information content (AvgIpc) is 2.66. The molecule has 1 heterocycles. The summed E-state index contributed by atoms with van der Waals surface area (Å²) in [4.78, 5) is 24.8. The first-order valence-electron chi connectivity index (χ1n) is 10.1. The van der Waals surface area contributed by atoms with Crippen molar-refractivity contribution < 1.29 is 4.79 Å². The third-order valence-corrected chi connectivity index (χ3v) is 6.47. The van der Waals surface area contributed by atoms with Crippen LogP contribution in [0.3, 0.4) is 0 Å². The zero-order valence-corrected chi connectivity index (χ0v) is 16.9. The summed E-state index contributed by atoms with van der Waals surface area (Å²) in [5.41, 5.74) is 0.907. The maximum Gasteiger partial charge on any atom is 0.274 e. The van der Waals surface area contributed by atoms with Gasteiger partial charge in [0.15, 0.2) is 0 Å². The maximum atomic E-state index is 12.6. The van der Waals surface area contributed by atoms with E-state index >= 15 is 0 Å². The van der Waals surface area contributed by atoms with Crippen molar-refractivity contribution in [2.45, 2.75) is 65.3 Å². The number of rotatable bonds is 5. The molecule has 0 aliphatic heterocycles. The van der Waals surface area contributed by atoms with E-state index in [-0.39, 0.29) is 23.9 Å². The van der Waals surface area contributed by atoms with Crippen molar-refractivity contribution >= 4 is 16.7 Å². The molecule has 1 saturated carbocycles. The van der Waals surface area contributed by atoms with Gasteiger partial charge in [-0.15, -0.1) is 0 Å². The van der Waals surface area contributed by atoms with Gasteiger partial charge >= 0.3 is 0 Å². The molecule has 1 aromatic heterocycles. The molecule has 0 spiro atoms. The number of aryl methyl sites for hydroxylation is 1. The quantitative estimate of drug-likeness (QED) is 0.876. The van der Waals surface area contributed by atoms with Crippen LogP contribution < -0.4 is 10.9 Å². The Morgan fingerprint density at radius 1 is 1.19 bits per heavy atom. The topological polar surface area (TPSA) is 64.0 Å². The number of nitrogens with zero attached hydrogens (tertiary/aromatic N) is 2. The molecule has 5 heteroatoms. The van der Waals surface area contributed by atoms with Crippen molar-refractivity contribution in [1.29, 1.82) is 0 Å². The van der Waals surface area contributed by atoms with E-state index < -0.39 is 0 Å². The molecule has 0 saturated heterocycles. The lowest BCUT2D eigenvalue weighted by molar-refractivity contribution is -0.121. The highest BCUT2D eigenvalue weighted by Gasteiger charge is 2.32. The fourth-order valence-electron chi connectivity index (χ4n) is 4.25. The van der Waals surface area contributed by atoms with Gasteiger partial charge in [-0.05, 0) is 43.1 Å². The molecule has 1 aliphatic carbocycles. The predicted octanol–water partition coefficient (Wildman–Crippen LogP) is 3.59. The molecule has 0 radical (unpaired) electrons. The number of carbonyl (C=O) groups excluding carboxylic acids is 1. The van der Waals surface area contributed by atoms with Crippen LogP contribution in [0, 0.1) is 11.3 Å². The Bertz CT molecular complexity index is 877. The van der Waals surface area contributed by atoms with Crippen LogP contribution in [-0.4, -0.2) is 21.7 Å². The number of aromatic nitrogens is 2. The van der Waals surface area contributed by atoms with E-state index in [2.05, 4.69) is 31.2 Å². The van der Waals surface area contributed by atoms with Gasteiger partial charge in [-0.3, -0.25) is 9.59 Å². The number of hydrogen-bond donors (Lipinski definition) is 1. The van der Waals surface area contributed by atoms with Crippen LogP contribution >= 0.6 is 0 Å². The lowest BCUT2D eigenvalue weighted by Gasteiger charge is -2.39. The minimum atomic E-state index is -0.133. The third-order valence-electron chi connectivity index (χ3n) is 6.47. The van der Waals surface area contributed by atoms with Crippen LogP contribution in [0.5, 0.6) is 0 Å². The van der Waals surface area contributed by atoms with Crippen LogP contribution in [0.4, 0.5) is 0 Å². The monoisotopic (exact) mass is 369 g/mol. The molecule has 27 heavy (non-hydrogen) atoms. The van der Waals surface area contributed by atoms with Gasteiger partial charge in [0.05, 0.1) is 17.5 Å². The second kappa shape index (κ2) is 7.83. The summed E-state index contributed by atoms with van der Waals surface area (Å²) in [6, 6.07) is 7.62. The first kappa shape index (κ1) is 19.6. The number of nitrogens with one attached hydrogen (secondary N) is 1. The Balaban J connectivity index is 1.65. The van der Waals surface area contributed by atoms with E-state index in [4.69, 9.17) is 0 Å². The van der Waals surface area contributed by atoms with Crippen LogP contribution in [-0.2, 0) is 18.3 Å². The van der Waals surface area contributed by atoms with Crippen LogP contribution in [0.1, 0.15) is 58.6 Å². The van der Waals surface area contributed by atoms with Crippen molar-refractivity contribution in [3.05, 3.63) is 40.3 Å². The third kappa shape index (κ3) is 4.23. The lowest BCUT2D eigenvalue weighted by Crippen LogP contribution is -2.40. The highest BCUT2D eigenvalue weighted by molar-refractivity contribution is 5.88. The molecule has 1 fully saturated rings. The predicted molar refractivity (Wildman–Crippen MR) is 109 cm³/mol. The molecule has 1 amide bonds. The second-order valence-corrected chi connectivity index (χ2v) is 8.56. The summed E-state index contributed by atoms with van der Waals surface area (Å²) in [6.07, 6.45) is 5.83. The van der Waals surface area contributed by atoms with E-state index in [1.165, 1.54) is 23.9 Å². The summed E-state index contributed by atoms with van der Waals surface area (Å²) in [7, 11) is 1.63. The molecule has 0 atom stereocenters. The van der Waals surface area contributed by atoms with Crippen molar-refractivity contribution in [2.75, 3.05) is 0 Å². The van der Waals surface area contributed by atoms with Gasteiger partial charge in [-0.25, -0.2) is 4.68 Å². The first-order valence-corrected chi connectivity index (χ1v) is 10.1. The standard InChI is InChI=1S/C22H31N3O2/c1-5-22(2,3)15-10-12-16(13-11-15)23-20(26)14-19-17-8-6-7-9-18(17)21(27)25(4)24-19/h6-9,15-16H,5,10-14H2,1-4H3,(H,23,26). The molecule has 146 valence electrons. The molecule has 1 aliphatic rings. The minimum absolute atomic E-state index is 0.00972. The zero-order chi connectivity index (χ0) is 19.6. The van der Waals surface area contributed by atoms with Crippen molar-refractivity contribution in [2.24, 2.45) is 18.4 Å². The molecule has 0 bridgehead atoms. The molecule has 1 N–H and O–H groups in total. The summed E-state index contributed by atoms with van der Waals surface area (Å²) in [5.74, 6) is 0.731. The largest absolute Gasteiger partial charge is 0.353 e. The van der Waals surface area contributed by atoms with Gasteiger partial charge in [0.1, 0.15) is 0 Å². The Kier molecular flexibility index (Phi) is 5.68. The highest BCUT2D eigenvalue weighted by Crippen LogP contribution is 2.40. The molecular weight excluding hydrogens is 338 g/mol. The second-order valence-electron chi connectivity index (χ2n) is 8.56. The number of carbonyl (C=O) groups is 1. The fraction of sp³-hybridized carbons (Fsp3) is 0.591. The highest BCUT2D eigenvalue weighted by atomic mass is 16.1. The van der Waals surface area contributed by atoms with E-state index in [0.717, 1.165) is 24.1 Å². The van der Waals surface area contributed by atoms with Crippen molar-refractivity contribution in [1.82, 2.24) is 15.1 Å². The van der Waals surface area contributed by atoms with Gasteiger partial charge in [-0.1, -0.05) is 45.4 Å². The van der Waals surface area contributed by atoms with Gasteiger partial charge in [-0.2, -0.15) is 5.10 Å². The average molecular weight is 370 g/mol. The number of benzene rings is 1. The Hall–Kier alpha value is -2.17. The van der Waals surface area contributed by atoms with E-state index in [0.29, 0.717) is 16.5 Å². The van der Waals surface area contributed by atoms with E-state index in [1.54, 1.807) is 13.1 Å². The van der Waals surface area contributed by atoms with Gasteiger partial charge < -0.3 is 5.32 Å². The normalized spacial score (nSPS) is 20.6. The van der Waals surface area contributed by atoms with Crippen LogP contribution in [0.25, 0.3) is 10.8 Å². The number of fused-ring (bicyclic) bond motifs is 1. The van der Waals surface area contributed by atoms with E-state index in [9.17, 15) is 9.59 Å². The molecule has 1 aromatic carbocycles. The number of hydrogen-bond acceptors (Lipinski definition) is 3. The SMILES string of the molecule is CCC(C)(C)C1CCC(NC(=O)Cc2nn(C)c(=O)c3ccccc23)CC1. The fourth-order valence-corrected chi connectivity index (χ4v) is 4.25. The molecule has 5 nitrogen and oxygen atoms in total. The number of amides is 1. The van der Waals surface area contributed by atoms with Crippen LogP contribution in [0.15, 0.2) is 29.1 Å².